The fourth-order valence-electron chi connectivity index (χ4n) is 2.65. The van der Waals surface area contributed by atoms with Gasteiger partial charge in [-0.25, -0.2) is 9.18 Å². The molecule has 0 N–H and O–H groups in total. The first-order chi connectivity index (χ1) is 13.8. The van der Waals surface area contributed by atoms with Crippen LogP contribution in [0.3, 0.4) is 0 Å². The molecule has 29 heavy (non-hydrogen) atoms. The summed E-state index contributed by atoms with van der Waals surface area (Å²) in [5.74, 6) is -1.34. The standard InChI is InChI=1S/C22H16F4O3/c1-2-3-12-28-16-7-4-14(5-8-16)21(27)29-17-9-10-18-15(13-17)6-11-19(20(18)23)22(24,25)26/h2-11,13H,12H2,1H3. The molecular weight excluding hydrogens is 388 g/mol. The van der Waals surface area contributed by atoms with Crippen LogP contribution in [0.5, 0.6) is 11.5 Å². The Labute approximate surface area is 164 Å². The zero-order chi connectivity index (χ0) is 21.0. The number of alkyl halides is 3. The van der Waals surface area contributed by atoms with E-state index in [0.29, 0.717) is 18.4 Å². The van der Waals surface area contributed by atoms with Gasteiger partial charge in [0.05, 0.1) is 11.1 Å². The molecule has 0 saturated carbocycles. The molecular formula is C22H16F4O3. The Morgan fingerprint density at radius 2 is 1.69 bits per heavy atom. The van der Waals surface area contributed by atoms with Crippen LogP contribution in [0, 0.1) is 5.82 Å². The molecule has 0 bridgehead atoms. The molecule has 0 atom stereocenters. The molecule has 3 rings (SSSR count). The number of hydrogen-bond donors (Lipinski definition) is 0. The quantitative estimate of drug-likeness (QED) is 0.221. The molecule has 0 saturated heterocycles. The lowest BCUT2D eigenvalue weighted by atomic mass is 10.1. The van der Waals surface area contributed by atoms with Gasteiger partial charge in [0.2, 0.25) is 0 Å². The number of fused-ring (bicyclic) bond motifs is 1. The Kier molecular flexibility index (Phi) is 5.87. The second-order valence-corrected chi connectivity index (χ2v) is 6.10. The molecule has 3 nitrogen and oxygen atoms in total. The molecule has 0 aliphatic carbocycles. The van der Waals surface area contributed by atoms with E-state index in [9.17, 15) is 22.4 Å². The van der Waals surface area contributed by atoms with E-state index < -0.39 is 23.5 Å². The predicted octanol–water partition coefficient (Wildman–Crippen LogP) is 6.17. The minimum atomic E-state index is -4.79. The van der Waals surface area contributed by atoms with Crippen molar-refractivity contribution in [2.75, 3.05) is 6.61 Å². The van der Waals surface area contributed by atoms with E-state index in [1.54, 1.807) is 12.1 Å². The topological polar surface area (TPSA) is 35.5 Å². The van der Waals surface area contributed by atoms with Crippen molar-refractivity contribution in [2.24, 2.45) is 0 Å². The first-order valence-electron chi connectivity index (χ1n) is 8.65. The molecule has 0 fully saturated rings. The average molecular weight is 404 g/mol. The molecule has 0 aliphatic rings. The maximum atomic E-state index is 14.1. The molecule has 0 amide bonds. The number of carbonyl (C=O) groups excluding carboxylic acids is 1. The van der Waals surface area contributed by atoms with E-state index in [2.05, 4.69) is 0 Å². The summed E-state index contributed by atoms with van der Waals surface area (Å²) in [6.45, 7) is 2.28. The SMILES string of the molecule is CC=CCOc1ccc(C(=O)Oc2ccc3c(F)c(C(F)(F)F)ccc3c2)cc1. The maximum absolute atomic E-state index is 14.1. The number of hydrogen-bond acceptors (Lipinski definition) is 3. The molecule has 3 aromatic rings. The van der Waals surface area contributed by atoms with Gasteiger partial charge in [0.25, 0.3) is 0 Å². The Hall–Kier alpha value is -3.35. The number of ether oxygens (including phenoxy) is 2. The van der Waals surface area contributed by atoms with Crippen LogP contribution in [-0.2, 0) is 6.18 Å². The van der Waals surface area contributed by atoms with E-state index >= 15 is 0 Å². The van der Waals surface area contributed by atoms with Crippen molar-refractivity contribution in [3.05, 3.63) is 83.7 Å². The first kappa shape index (κ1) is 20.4. The summed E-state index contributed by atoms with van der Waals surface area (Å²) in [7, 11) is 0. The van der Waals surface area contributed by atoms with Crippen LogP contribution >= 0.6 is 0 Å². The number of halogens is 4. The smallest absolute Gasteiger partial charge is 0.419 e. The van der Waals surface area contributed by atoms with Crippen molar-refractivity contribution in [3.63, 3.8) is 0 Å². The van der Waals surface area contributed by atoms with Crippen molar-refractivity contribution in [1.82, 2.24) is 0 Å². The lowest BCUT2D eigenvalue weighted by molar-refractivity contribution is -0.139. The lowest BCUT2D eigenvalue weighted by Crippen LogP contribution is -2.09. The number of allylic oxidation sites excluding steroid dienone is 1. The van der Waals surface area contributed by atoms with Crippen LogP contribution in [-0.4, -0.2) is 12.6 Å². The third-order valence-electron chi connectivity index (χ3n) is 4.11. The largest absolute Gasteiger partial charge is 0.490 e. The molecule has 0 spiro atoms. The van der Waals surface area contributed by atoms with E-state index in [0.717, 1.165) is 12.1 Å². The van der Waals surface area contributed by atoms with E-state index in [1.807, 2.05) is 19.1 Å². The highest BCUT2D eigenvalue weighted by atomic mass is 19.4. The zero-order valence-corrected chi connectivity index (χ0v) is 15.3. The van der Waals surface area contributed by atoms with Crippen molar-refractivity contribution in [1.29, 1.82) is 0 Å². The van der Waals surface area contributed by atoms with Gasteiger partial charge in [0.15, 0.2) is 0 Å². The average Bonchev–Trinajstić information content (AvgIpc) is 2.68. The molecule has 0 radical (unpaired) electrons. The molecule has 3 aromatic carbocycles. The number of esters is 1. The molecule has 0 aromatic heterocycles. The van der Waals surface area contributed by atoms with Gasteiger partial charge >= 0.3 is 12.1 Å². The fraction of sp³-hybridized carbons (Fsp3) is 0.136. The summed E-state index contributed by atoms with van der Waals surface area (Å²) in [6.07, 6.45) is -1.10. The predicted molar refractivity (Wildman–Crippen MR) is 101 cm³/mol. The highest BCUT2D eigenvalue weighted by Gasteiger charge is 2.34. The lowest BCUT2D eigenvalue weighted by Gasteiger charge is -2.11. The van der Waals surface area contributed by atoms with Gasteiger partial charge in [0.1, 0.15) is 23.9 Å². The number of carbonyl (C=O) groups is 1. The van der Waals surface area contributed by atoms with E-state index in [1.165, 1.54) is 24.3 Å². The monoisotopic (exact) mass is 404 g/mol. The second-order valence-electron chi connectivity index (χ2n) is 6.10. The minimum absolute atomic E-state index is 0.0927. The second kappa shape index (κ2) is 8.34. The maximum Gasteiger partial charge on any atom is 0.419 e. The van der Waals surface area contributed by atoms with Crippen LogP contribution in [0.25, 0.3) is 10.8 Å². The Morgan fingerprint density at radius 3 is 2.34 bits per heavy atom. The van der Waals surface area contributed by atoms with Gasteiger partial charge in [-0.05, 0) is 60.8 Å². The summed E-state index contributed by atoms with van der Waals surface area (Å²) in [6, 6.07) is 11.8. The number of benzene rings is 3. The zero-order valence-electron chi connectivity index (χ0n) is 15.3. The highest BCUT2D eigenvalue weighted by molar-refractivity contribution is 5.92. The summed E-state index contributed by atoms with van der Waals surface area (Å²) >= 11 is 0. The van der Waals surface area contributed by atoms with Gasteiger partial charge in [-0.15, -0.1) is 0 Å². The van der Waals surface area contributed by atoms with Gasteiger partial charge in [-0.1, -0.05) is 18.2 Å². The van der Waals surface area contributed by atoms with Gasteiger partial charge in [-0.2, -0.15) is 13.2 Å². The molecule has 7 heteroatoms. The van der Waals surface area contributed by atoms with E-state index in [4.69, 9.17) is 9.47 Å². The Morgan fingerprint density at radius 1 is 1.00 bits per heavy atom. The van der Waals surface area contributed by atoms with Crippen molar-refractivity contribution in [2.45, 2.75) is 13.1 Å². The fourth-order valence-corrected chi connectivity index (χ4v) is 2.65. The van der Waals surface area contributed by atoms with Crippen molar-refractivity contribution >= 4 is 16.7 Å². The number of rotatable bonds is 5. The van der Waals surface area contributed by atoms with Crippen molar-refractivity contribution < 1.29 is 31.8 Å². The first-order valence-corrected chi connectivity index (χ1v) is 8.65. The molecule has 150 valence electrons. The molecule has 0 unspecified atom stereocenters. The summed E-state index contributed by atoms with van der Waals surface area (Å²) < 4.78 is 63.2. The van der Waals surface area contributed by atoms with Crippen LogP contribution in [0.15, 0.2) is 66.7 Å². The van der Waals surface area contributed by atoms with Gasteiger partial charge in [0, 0.05) is 5.39 Å². The van der Waals surface area contributed by atoms with Crippen LogP contribution in [0.2, 0.25) is 0 Å². The third-order valence-corrected chi connectivity index (χ3v) is 4.11. The molecule has 0 heterocycles. The minimum Gasteiger partial charge on any atom is -0.490 e. The Balaban J connectivity index is 1.76. The third kappa shape index (κ3) is 4.74. The van der Waals surface area contributed by atoms with Crippen molar-refractivity contribution in [3.8, 4) is 11.5 Å². The van der Waals surface area contributed by atoms with E-state index in [-0.39, 0.29) is 22.1 Å². The highest BCUT2D eigenvalue weighted by Crippen LogP contribution is 2.35. The van der Waals surface area contributed by atoms with Gasteiger partial charge in [-0.3, -0.25) is 0 Å². The summed E-state index contributed by atoms with van der Waals surface area (Å²) in [5, 5.41) is -0.0178. The van der Waals surface area contributed by atoms with Gasteiger partial charge < -0.3 is 9.47 Å². The molecule has 0 aliphatic heterocycles. The summed E-state index contributed by atoms with van der Waals surface area (Å²) in [4.78, 5) is 12.3. The van der Waals surface area contributed by atoms with Crippen LogP contribution in [0.4, 0.5) is 17.6 Å². The summed E-state index contributed by atoms with van der Waals surface area (Å²) in [5.41, 5.74) is -1.08. The normalized spacial score (nSPS) is 11.8. The Bertz CT molecular complexity index is 1050. The van der Waals surface area contributed by atoms with Crippen LogP contribution in [0.1, 0.15) is 22.8 Å². The van der Waals surface area contributed by atoms with Crippen LogP contribution < -0.4 is 9.47 Å².